The van der Waals surface area contributed by atoms with Gasteiger partial charge in [0.1, 0.15) is 0 Å². The van der Waals surface area contributed by atoms with Crippen LogP contribution in [0.2, 0.25) is 0 Å². The van der Waals surface area contributed by atoms with E-state index < -0.39 is 0 Å². The van der Waals surface area contributed by atoms with Crippen LogP contribution in [0.15, 0.2) is 91.0 Å². The zero-order valence-electron chi connectivity index (χ0n) is 13.9. The smallest absolute Gasteiger partial charge is 0.00229 e. The number of hydrogen-bond acceptors (Lipinski definition) is 0. The van der Waals surface area contributed by atoms with Gasteiger partial charge in [-0.05, 0) is 58.0 Å². The molecule has 0 radical (unpaired) electrons. The number of benzene rings is 4. The molecule has 0 N–H and O–H groups in total. The quantitative estimate of drug-likeness (QED) is 0.410. The van der Waals surface area contributed by atoms with Crippen molar-refractivity contribution in [2.24, 2.45) is 0 Å². The second-order valence-electron chi connectivity index (χ2n) is 6.31. The lowest BCUT2D eigenvalue weighted by Crippen LogP contribution is -1.94. The van der Waals surface area contributed by atoms with E-state index in [1.807, 2.05) is 0 Å². The summed E-state index contributed by atoms with van der Waals surface area (Å²) < 4.78 is 0. The molecule has 0 heteroatoms. The standard InChI is InChI=1S/C24H20/c1-18-21(16-19-8-3-2-4-9-19)12-7-13-24(18)23-15-14-20-10-5-6-11-22(20)17-23/h2-15,17H,16H2,1H3. The van der Waals surface area contributed by atoms with E-state index in [9.17, 15) is 0 Å². The van der Waals surface area contributed by atoms with Crippen LogP contribution in [0.3, 0.4) is 0 Å². The van der Waals surface area contributed by atoms with E-state index in [2.05, 4.69) is 97.9 Å². The van der Waals surface area contributed by atoms with E-state index in [0.717, 1.165) is 6.42 Å². The van der Waals surface area contributed by atoms with Gasteiger partial charge in [-0.15, -0.1) is 0 Å². The fraction of sp³-hybridized carbons (Fsp3) is 0.0833. The predicted octanol–water partition coefficient (Wildman–Crippen LogP) is 6.41. The van der Waals surface area contributed by atoms with Gasteiger partial charge in [-0.2, -0.15) is 0 Å². The molecule has 0 saturated heterocycles. The monoisotopic (exact) mass is 308 g/mol. The van der Waals surface area contributed by atoms with Gasteiger partial charge in [-0.25, -0.2) is 0 Å². The molecule has 0 amide bonds. The Labute approximate surface area is 143 Å². The third-order valence-electron chi connectivity index (χ3n) is 4.74. The maximum atomic E-state index is 2.30. The minimum absolute atomic E-state index is 0.980. The molecule has 4 aromatic carbocycles. The van der Waals surface area contributed by atoms with Crippen LogP contribution in [0, 0.1) is 6.92 Å². The highest BCUT2D eigenvalue weighted by molar-refractivity contribution is 5.87. The van der Waals surface area contributed by atoms with Crippen molar-refractivity contribution in [2.75, 3.05) is 0 Å². The molecule has 4 aromatic rings. The highest BCUT2D eigenvalue weighted by atomic mass is 14.1. The maximum Gasteiger partial charge on any atom is -0.00229 e. The van der Waals surface area contributed by atoms with Crippen molar-refractivity contribution in [3.8, 4) is 11.1 Å². The van der Waals surface area contributed by atoms with E-state index in [4.69, 9.17) is 0 Å². The lowest BCUT2D eigenvalue weighted by molar-refractivity contribution is 1.16. The summed E-state index contributed by atoms with van der Waals surface area (Å²) in [5.74, 6) is 0. The summed E-state index contributed by atoms with van der Waals surface area (Å²) in [7, 11) is 0. The third-order valence-corrected chi connectivity index (χ3v) is 4.74. The highest BCUT2D eigenvalue weighted by Crippen LogP contribution is 2.29. The second-order valence-corrected chi connectivity index (χ2v) is 6.31. The topological polar surface area (TPSA) is 0 Å². The molecule has 0 aliphatic rings. The lowest BCUT2D eigenvalue weighted by Gasteiger charge is -2.12. The molecule has 0 atom stereocenters. The van der Waals surface area contributed by atoms with Gasteiger partial charge in [0.2, 0.25) is 0 Å². The van der Waals surface area contributed by atoms with Crippen molar-refractivity contribution in [1.82, 2.24) is 0 Å². The van der Waals surface area contributed by atoms with E-state index in [-0.39, 0.29) is 0 Å². The van der Waals surface area contributed by atoms with Crippen LogP contribution in [0.25, 0.3) is 21.9 Å². The van der Waals surface area contributed by atoms with Crippen LogP contribution in [0.1, 0.15) is 16.7 Å². The molecule has 0 spiro atoms. The minimum Gasteiger partial charge on any atom is -0.0622 e. The van der Waals surface area contributed by atoms with Gasteiger partial charge in [0, 0.05) is 0 Å². The van der Waals surface area contributed by atoms with E-state index in [1.54, 1.807) is 0 Å². The molecular formula is C24H20. The fourth-order valence-electron chi connectivity index (χ4n) is 3.36. The first kappa shape index (κ1) is 14.7. The SMILES string of the molecule is Cc1c(Cc2ccccc2)cccc1-c1ccc2ccccc2c1. The maximum absolute atomic E-state index is 2.30. The Morgan fingerprint density at radius 1 is 0.625 bits per heavy atom. The Bertz CT molecular complexity index is 981. The van der Waals surface area contributed by atoms with Crippen molar-refractivity contribution in [2.45, 2.75) is 13.3 Å². The number of fused-ring (bicyclic) bond motifs is 1. The van der Waals surface area contributed by atoms with Crippen molar-refractivity contribution in [1.29, 1.82) is 0 Å². The second kappa shape index (κ2) is 6.33. The molecule has 0 aromatic heterocycles. The van der Waals surface area contributed by atoms with Crippen molar-refractivity contribution in [3.63, 3.8) is 0 Å². The molecule has 116 valence electrons. The largest absolute Gasteiger partial charge is 0.0622 e. The Balaban J connectivity index is 1.76. The molecule has 0 fully saturated rings. The van der Waals surface area contributed by atoms with Gasteiger partial charge >= 0.3 is 0 Å². The molecule has 24 heavy (non-hydrogen) atoms. The van der Waals surface area contributed by atoms with Gasteiger partial charge in [0.15, 0.2) is 0 Å². The van der Waals surface area contributed by atoms with E-state index >= 15 is 0 Å². The first-order chi connectivity index (χ1) is 11.8. The lowest BCUT2D eigenvalue weighted by atomic mass is 9.92. The average molecular weight is 308 g/mol. The summed E-state index contributed by atoms with van der Waals surface area (Å²) >= 11 is 0. The van der Waals surface area contributed by atoms with Gasteiger partial charge in [-0.1, -0.05) is 84.9 Å². The van der Waals surface area contributed by atoms with Gasteiger partial charge in [0.05, 0.1) is 0 Å². The van der Waals surface area contributed by atoms with Gasteiger partial charge in [-0.3, -0.25) is 0 Å². The minimum atomic E-state index is 0.980. The molecular weight excluding hydrogens is 288 g/mol. The molecule has 0 aliphatic heterocycles. The molecule has 0 unspecified atom stereocenters. The van der Waals surface area contributed by atoms with Crippen LogP contribution in [-0.2, 0) is 6.42 Å². The Kier molecular flexibility index (Phi) is 3.88. The van der Waals surface area contributed by atoms with Crippen molar-refractivity contribution >= 4 is 10.8 Å². The van der Waals surface area contributed by atoms with Crippen LogP contribution >= 0.6 is 0 Å². The summed E-state index contributed by atoms with van der Waals surface area (Å²) in [4.78, 5) is 0. The summed E-state index contributed by atoms with van der Waals surface area (Å²) in [5.41, 5.74) is 6.75. The molecule has 0 heterocycles. The normalized spacial score (nSPS) is 10.9. The zero-order valence-corrected chi connectivity index (χ0v) is 13.9. The van der Waals surface area contributed by atoms with Crippen LogP contribution in [0.5, 0.6) is 0 Å². The van der Waals surface area contributed by atoms with Crippen LogP contribution in [-0.4, -0.2) is 0 Å². The Morgan fingerprint density at radius 2 is 1.38 bits per heavy atom. The van der Waals surface area contributed by atoms with Gasteiger partial charge in [0.25, 0.3) is 0 Å². The Morgan fingerprint density at radius 3 is 2.21 bits per heavy atom. The molecule has 0 bridgehead atoms. The van der Waals surface area contributed by atoms with Crippen LogP contribution < -0.4 is 0 Å². The molecule has 0 saturated carbocycles. The summed E-state index contributed by atoms with van der Waals surface area (Å²) in [6, 6.07) is 32.6. The average Bonchev–Trinajstić information content (AvgIpc) is 2.64. The zero-order chi connectivity index (χ0) is 16.4. The molecule has 0 nitrogen and oxygen atoms in total. The number of rotatable bonds is 3. The summed E-state index contributed by atoms with van der Waals surface area (Å²) in [6.45, 7) is 2.24. The highest BCUT2D eigenvalue weighted by Gasteiger charge is 2.07. The number of hydrogen-bond donors (Lipinski definition) is 0. The summed E-state index contributed by atoms with van der Waals surface area (Å²) in [5, 5.41) is 2.59. The first-order valence-electron chi connectivity index (χ1n) is 8.43. The van der Waals surface area contributed by atoms with Crippen molar-refractivity contribution < 1.29 is 0 Å². The van der Waals surface area contributed by atoms with E-state index in [0.29, 0.717) is 0 Å². The van der Waals surface area contributed by atoms with E-state index in [1.165, 1.54) is 38.6 Å². The van der Waals surface area contributed by atoms with Crippen molar-refractivity contribution in [3.05, 3.63) is 108 Å². The van der Waals surface area contributed by atoms with Gasteiger partial charge < -0.3 is 0 Å². The Hall–Kier alpha value is -2.86. The third kappa shape index (κ3) is 2.83. The fourth-order valence-corrected chi connectivity index (χ4v) is 3.36. The molecule has 4 rings (SSSR count). The first-order valence-corrected chi connectivity index (χ1v) is 8.43. The van der Waals surface area contributed by atoms with Crippen LogP contribution in [0.4, 0.5) is 0 Å². The molecule has 0 aliphatic carbocycles. The summed E-state index contributed by atoms with van der Waals surface area (Å²) in [6.07, 6.45) is 0.980. The predicted molar refractivity (Wildman–Crippen MR) is 103 cm³/mol.